The zero-order valence-electron chi connectivity index (χ0n) is 17.7. The Morgan fingerprint density at radius 2 is 1.59 bits per heavy atom. The van der Waals surface area contributed by atoms with Crippen LogP contribution in [-0.4, -0.2) is 73.6 Å². The molecule has 0 aliphatic carbocycles. The van der Waals surface area contributed by atoms with Crippen LogP contribution in [0.25, 0.3) is 0 Å². The summed E-state index contributed by atoms with van der Waals surface area (Å²) in [6, 6.07) is 7.35. The fourth-order valence-electron chi connectivity index (χ4n) is 3.73. The van der Waals surface area contributed by atoms with Gasteiger partial charge in [0.1, 0.15) is 5.54 Å². The first kappa shape index (κ1) is 21.7. The monoisotopic (exact) mass is 422 g/mol. The van der Waals surface area contributed by atoms with Gasteiger partial charge in [-0.25, -0.2) is 18.1 Å². The summed E-state index contributed by atoms with van der Waals surface area (Å²) in [5.74, 6) is -0.295. The van der Waals surface area contributed by atoms with Crippen LogP contribution in [0.3, 0.4) is 0 Å². The van der Waals surface area contributed by atoms with Crippen LogP contribution < -0.4 is 5.32 Å². The van der Waals surface area contributed by atoms with Crippen LogP contribution in [0.2, 0.25) is 0 Å². The number of carbonyl (C=O) groups is 2. The number of nitrogens with one attached hydrogen (secondary N) is 1. The van der Waals surface area contributed by atoms with Crippen LogP contribution in [0.1, 0.15) is 38.8 Å². The van der Waals surface area contributed by atoms with E-state index in [2.05, 4.69) is 26.1 Å². The molecule has 2 fully saturated rings. The summed E-state index contributed by atoms with van der Waals surface area (Å²) in [4.78, 5) is 28.8. The molecule has 2 saturated heterocycles. The normalized spacial score (nSPS) is 24.8. The van der Waals surface area contributed by atoms with Crippen molar-refractivity contribution in [1.29, 1.82) is 0 Å². The lowest BCUT2D eigenvalue weighted by Crippen LogP contribution is -2.52. The highest BCUT2D eigenvalue weighted by Crippen LogP contribution is 2.31. The largest absolute Gasteiger partial charge is 0.326 e. The van der Waals surface area contributed by atoms with Crippen molar-refractivity contribution in [3.05, 3.63) is 35.4 Å². The predicted molar refractivity (Wildman–Crippen MR) is 111 cm³/mol. The van der Waals surface area contributed by atoms with Crippen LogP contribution >= 0.6 is 0 Å². The van der Waals surface area contributed by atoms with E-state index in [1.165, 1.54) is 15.5 Å². The van der Waals surface area contributed by atoms with E-state index in [1.54, 1.807) is 6.92 Å². The first-order chi connectivity index (χ1) is 13.3. The summed E-state index contributed by atoms with van der Waals surface area (Å²) in [5.41, 5.74) is 0.792. The quantitative estimate of drug-likeness (QED) is 0.739. The topological polar surface area (TPSA) is 90.0 Å². The molecule has 3 rings (SSSR count). The molecule has 8 nitrogen and oxygen atoms in total. The average Bonchev–Trinajstić information content (AvgIpc) is 2.85. The maximum Gasteiger partial charge on any atom is 0.326 e. The third-order valence-electron chi connectivity index (χ3n) is 5.74. The van der Waals surface area contributed by atoms with Crippen LogP contribution in [-0.2, 0) is 25.8 Å². The third kappa shape index (κ3) is 4.31. The fourth-order valence-corrected chi connectivity index (χ4v) is 4.55. The number of sulfonamides is 1. The van der Waals surface area contributed by atoms with Crippen molar-refractivity contribution in [2.45, 2.75) is 38.6 Å². The van der Waals surface area contributed by atoms with Crippen molar-refractivity contribution in [2.75, 3.05) is 39.1 Å². The lowest BCUT2D eigenvalue weighted by Gasteiger charge is -2.34. The van der Waals surface area contributed by atoms with Gasteiger partial charge in [0, 0.05) is 26.2 Å². The maximum atomic E-state index is 13.1. The Kier molecular flexibility index (Phi) is 5.53. The van der Waals surface area contributed by atoms with Crippen molar-refractivity contribution in [2.24, 2.45) is 0 Å². The molecule has 2 aliphatic rings. The summed E-state index contributed by atoms with van der Waals surface area (Å²) >= 11 is 0. The van der Waals surface area contributed by atoms with Crippen molar-refractivity contribution in [1.82, 2.24) is 19.4 Å². The van der Waals surface area contributed by atoms with Gasteiger partial charge < -0.3 is 5.32 Å². The van der Waals surface area contributed by atoms with Gasteiger partial charge in [0.2, 0.25) is 10.0 Å². The molecule has 0 saturated carbocycles. The number of nitrogens with zero attached hydrogens (tertiary/aromatic N) is 3. The summed E-state index contributed by atoms with van der Waals surface area (Å²) in [5, 5.41) is 2.83. The molecule has 1 aromatic rings. The molecule has 3 amide bonds. The zero-order valence-corrected chi connectivity index (χ0v) is 18.5. The smallest absolute Gasteiger partial charge is 0.319 e. The number of imide groups is 1. The molecule has 160 valence electrons. The molecular formula is C20H30N4O4S. The van der Waals surface area contributed by atoms with Gasteiger partial charge in [0.15, 0.2) is 0 Å². The number of urea groups is 1. The van der Waals surface area contributed by atoms with E-state index in [1.807, 2.05) is 29.2 Å². The molecule has 0 bridgehead atoms. The summed E-state index contributed by atoms with van der Waals surface area (Å²) in [6.07, 6.45) is 1.19. The molecular weight excluding hydrogens is 392 g/mol. The Morgan fingerprint density at radius 3 is 2.07 bits per heavy atom. The molecule has 1 N–H and O–H groups in total. The SMILES string of the molecule is CC(C)(C)c1ccc(C2(C)NC(=O)N(CN3CCN(S(C)(=O)=O)CC3)C2=O)cc1. The highest BCUT2D eigenvalue weighted by Gasteiger charge is 2.49. The molecule has 2 aliphatic heterocycles. The first-order valence-electron chi connectivity index (χ1n) is 9.75. The summed E-state index contributed by atoms with van der Waals surface area (Å²) in [6.45, 7) is 9.90. The van der Waals surface area contributed by atoms with Gasteiger partial charge in [-0.05, 0) is 23.5 Å². The van der Waals surface area contributed by atoms with Gasteiger partial charge >= 0.3 is 6.03 Å². The minimum absolute atomic E-state index is 0.00250. The molecule has 29 heavy (non-hydrogen) atoms. The third-order valence-corrected chi connectivity index (χ3v) is 7.05. The predicted octanol–water partition coefficient (Wildman–Crippen LogP) is 1.29. The van der Waals surface area contributed by atoms with Gasteiger partial charge in [-0.15, -0.1) is 0 Å². The number of hydrogen-bond acceptors (Lipinski definition) is 5. The molecule has 0 aromatic heterocycles. The summed E-state index contributed by atoms with van der Waals surface area (Å²) < 4.78 is 24.7. The number of carbonyl (C=O) groups excluding carboxylic acids is 2. The Labute approximate surface area is 172 Å². The van der Waals surface area contributed by atoms with E-state index in [-0.39, 0.29) is 18.0 Å². The highest BCUT2D eigenvalue weighted by atomic mass is 32.2. The fraction of sp³-hybridized carbons (Fsp3) is 0.600. The Balaban J connectivity index is 1.71. The van der Waals surface area contributed by atoms with Crippen LogP contribution in [0, 0.1) is 0 Å². The Hall–Kier alpha value is -1.97. The van der Waals surface area contributed by atoms with Crippen molar-refractivity contribution in [3.8, 4) is 0 Å². The van der Waals surface area contributed by atoms with Crippen molar-refractivity contribution < 1.29 is 18.0 Å². The van der Waals surface area contributed by atoms with E-state index in [4.69, 9.17) is 0 Å². The summed E-state index contributed by atoms with van der Waals surface area (Å²) in [7, 11) is -3.22. The van der Waals surface area contributed by atoms with Crippen LogP contribution in [0.4, 0.5) is 4.79 Å². The van der Waals surface area contributed by atoms with Crippen molar-refractivity contribution in [3.63, 3.8) is 0 Å². The van der Waals surface area contributed by atoms with Crippen LogP contribution in [0.5, 0.6) is 0 Å². The molecule has 1 aromatic carbocycles. The molecule has 1 atom stereocenters. The van der Waals surface area contributed by atoms with E-state index in [9.17, 15) is 18.0 Å². The van der Waals surface area contributed by atoms with Gasteiger partial charge in [0.25, 0.3) is 5.91 Å². The Morgan fingerprint density at radius 1 is 1.03 bits per heavy atom. The highest BCUT2D eigenvalue weighted by molar-refractivity contribution is 7.88. The number of rotatable bonds is 4. The van der Waals surface area contributed by atoms with Gasteiger partial charge in [0.05, 0.1) is 12.9 Å². The van der Waals surface area contributed by atoms with Gasteiger partial charge in [-0.3, -0.25) is 9.69 Å². The lowest BCUT2D eigenvalue weighted by molar-refractivity contribution is -0.132. The second kappa shape index (κ2) is 7.37. The second-order valence-electron chi connectivity index (χ2n) is 9.04. The minimum atomic E-state index is -3.22. The molecule has 2 heterocycles. The minimum Gasteiger partial charge on any atom is -0.319 e. The number of amides is 3. The standard InChI is InChI=1S/C20H30N4O4S/c1-19(2,3)15-6-8-16(9-7-15)20(4)17(25)24(18(26)21-20)14-22-10-12-23(13-11-22)29(5,27)28/h6-9H,10-14H2,1-5H3,(H,21,26). The first-order valence-corrected chi connectivity index (χ1v) is 11.6. The average molecular weight is 423 g/mol. The van der Waals surface area contributed by atoms with Crippen molar-refractivity contribution >= 4 is 22.0 Å². The number of benzene rings is 1. The second-order valence-corrected chi connectivity index (χ2v) is 11.0. The van der Waals surface area contributed by atoms with Gasteiger partial charge in [-0.1, -0.05) is 45.0 Å². The maximum absolute atomic E-state index is 13.1. The number of hydrogen-bond donors (Lipinski definition) is 1. The van der Waals surface area contributed by atoms with E-state index in [0.717, 1.165) is 11.1 Å². The molecule has 1 unspecified atom stereocenters. The van der Waals surface area contributed by atoms with Gasteiger partial charge in [-0.2, -0.15) is 4.31 Å². The van der Waals surface area contributed by atoms with E-state index >= 15 is 0 Å². The van der Waals surface area contributed by atoms with Crippen LogP contribution in [0.15, 0.2) is 24.3 Å². The van der Waals surface area contributed by atoms with E-state index in [0.29, 0.717) is 26.2 Å². The molecule has 0 radical (unpaired) electrons. The molecule has 0 spiro atoms. The Bertz CT molecular complexity index is 899. The zero-order chi connectivity index (χ0) is 21.6. The van der Waals surface area contributed by atoms with E-state index < -0.39 is 21.6 Å². The lowest BCUT2D eigenvalue weighted by atomic mass is 9.84. The molecule has 9 heteroatoms. The number of piperazine rings is 1.